The maximum Gasteiger partial charge on any atom is 0.159 e. The fourth-order valence-corrected chi connectivity index (χ4v) is 3.11. The molecule has 2 heterocycles. The fraction of sp³-hybridized carbons (Fsp3) is 0.143. The van der Waals surface area contributed by atoms with Crippen LogP contribution in [0.1, 0.15) is 11.4 Å². The molecule has 0 saturated carbocycles. The molecule has 0 saturated heterocycles. The first kappa shape index (κ1) is 16.3. The van der Waals surface area contributed by atoms with Gasteiger partial charge in [0.1, 0.15) is 5.82 Å². The first-order valence-corrected chi connectivity index (χ1v) is 8.57. The molecule has 26 heavy (non-hydrogen) atoms. The summed E-state index contributed by atoms with van der Waals surface area (Å²) in [5.74, 6) is 1.54. The Labute approximate surface area is 152 Å². The van der Waals surface area contributed by atoms with Gasteiger partial charge in [-0.25, -0.2) is 9.97 Å². The average Bonchev–Trinajstić information content (AvgIpc) is 2.73. The number of hydrogen-bond donors (Lipinski definition) is 3. The molecule has 0 aliphatic carbocycles. The fourth-order valence-electron chi connectivity index (χ4n) is 3.11. The van der Waals surface area contributed by atoms with E-state index in [4.69, 9.17) is 9.97 Å². The molecule has 0 atom stereocenters. The SMILES string of the molecule is CNc1nc(C2=CC=CNC2)nc2ccc(-c3cccc(CO)c3)cc12. The molecular weight excluding hydrogens is 324 g/mol. The molecule has 0 unspecified atom stereocenters. The zero-order valence-corrected chi connectivity index (χ0v) is 14.5. The molecule has 130 valence electrons. The van der Waals surface area contributed by atoms with Crippen LogP contribution in [-0.2, 0) is 6.61 Å². The molecular formula is C21H20N4O. The summed E-state index contributed by atoms with van der Waals surface area (Å²) in [5.41, 5.74) is 4.99. The van der Waals surface area contributed by atoms with Crippen LogP contribution in [0.25, 0.3) is 27.6 Å². The molecule has 0 fully saturated rings. The predicted molar refractivity (Wildman–Crippen MR) is 106 cm³/mol. The minimum absolute atomic E-state index is 0.0350. The highest BCUT2D eigenvalue weighted by atomic mass is 16.3. The standard InChI is InChI=1S/C21H20N4O/c1-22-21-18-11-16(15-5-2-4-14(10-15)13-26)7-8-19(18)24-20(25-21)17-6-3-9-23-12-17/h2-11,23,26H,12-13H2,1H3,(H,22,24,25). The maximum atomic E-state index is 9.37. The van der Waals surface area contributed by atoms with Crippen LogP contribution in [0.5, 0.6) is 0 Å². The van der Waals surface area contributed by atoms with Gasteiger partial charge in [-0.15, -0.1) is 0 Å². The van der Waals surface area contributed by atoms with Crippen molar-refractivity contribution in [3.05, 3.63) is 72.2 Å². The van der Waals surface area contributed by atoms with Crippen LogP contribution in [0.4, 0.5) is 5.82 Å². The topological polar surface area (TPSA) is 70.1 Å². The number of dihydropyridines is 1. The lowest BCUT2D eigenvalue weighted by Crippen LogP contribution is -2.14. The second kappa shape index (κ2) is 6.98. The molecule has 1 aliphatic rings. The summed E-state index contributed by atoms with van der Waals surface area (Å²) >= 11 is 0. The van der Waals surface area contributed by atoms with Crippen molar-refractivity contribution in [2.75, 3.05) is 18.9 Å². The second-order valence-corrected chi connectivity index (χ2v) is 6.17. The smallest absolute Gasteiger partial charge is 0.159 e. The Hall–Kier alpha value is -3.18. The molecule has 0 spiro atoms. The minimum Gasteiger partial charge on any atom is -0.392 e. The van der Waals surface area contributed by atoms with Gasteiger partial charge < -0.3 is 15.7 Å². The van der Waals surface area contributed by atoms with E-state index in [2.05, 4.69) is 22.8 Å². The van der Waals surface area contributed by atoms with Gasteiger partial charge in [-0.1, -0.05) is 30.3 Å². The number of aliphatic hydroxyl groups excluding tert-OH is 1. The first-order valence-electron chi connectivity index (χ1n) is 8.57. The largest absolute Gasteiger partial charge is 0.392 e. The van der Waals surface area contributed by atoms with E-state index < -0.39 is 0 Å². The number of aromatic nitrogens is 2. The van der Waals surface area contributed by atoms with Gasteiger partial charge >= 0.3 is 0 Å². The van der Waals surface area contributed by atoms with Gasteiger partial charge in [-0.05, 0) is 47.2 Å². The summed E-state index contributed by atoms with van der Waals surface area (Å²) in [4.78, 5) is 9.45. The van der Waals surface area contributed by atoms with Crippen molar-refractivity contribution in [1.82, 2.24) is 15.3 Å². The molecule has 3 aromatic rings. The molecule has 3 N–H and O–H groups in total. The molecule has 1 aliphatic heterocycles. The Kier molecular flexibility index (Phi) is 4.37. The number of allylic oxidation sites excluding steroid dienone is 2. The summed E-state index contributed by atoms with van der Waals surface area (Å²) in [6.45, 7) is 0.754. The quantitative estimate of drug-likeness (QED) is 0.677. The zero-order chi connectivity index (χ0) is 17.9. The number of benzene rings is 2. The average molecular weight is 344 g/mol. The Balaban J connectivity index is 1.83. The zero-order valence-electron chi connectivity index (χ0n) is 14.5. The summed E-state index contributed by atoms with van der Waals surface area (Å²) in [6.07, 6.45) is 5.91. The maximum absolute atomic E-state index is 9.37. The minimum atomic E-state index is 0.0350. The predicted octanol–water partition coefficient (Wildman–Crippen LogP) is 3.33. The molecule has 1 aromatic heterocycles. The summed E-state index contributed by atoms with van der Waals surface area (Å²) in [6, 6.07) is 14.1. The number of hydrogen-bond acceptors (Lipinski definition) is 5. The van der Waals surface area contributed by atoms with Gasteiger partial charge in [0.05, 0.1) is 12.1 Å². The van der Waals surface area contributed by atoms with E-state index in [1.807, 2.05) is 55.7 Å². The van der Waals surface area contributed by atoms with Crippen molar-refractivity contribution < 1.29 is 5.11 Å². The van der Waals surface area contributed by atoms with E-state index in [-0.39, 0.29) is 6.61 Å². The Bertz CT molecular complexity index is 1020. The van der Waals surface area contributed by atoms with E-state index in [9.17, 15) is 5.11 Å². The first-order chi connectivity index (χ1) is 12.8. The highest BCUT2D eigenvalue weighted by Gasteiger charge is 2.12. The Morgan fingerprint density at radius 1 is 1.12 bits per heavy atom. The van der Waals surface area contributed by atoms with Crippen LogP contribution in [0, 0.1) is 0 Å². The third-order valence-electron chi connectivity index (χ3n) is 4.47. The normalized spacial score (nSPS) is 13.4. The molecule has 0 amide bonds. The second-order valence-electron chi connectivity index (χ2n) is 6.17. The van der Waals surface area contributed by atoms with Crippen molar-refractivity contribution in [3.8, 4) is 11.1 Å². The van der Waals surface area contributed by atoms with Crippen LogP contribution >= 0.6 is 0 Å². The van der Waals surface area contributed by atoms with E-state index in [0.717, 1.165) is 51.4 Å². The number of aliphatic hydroxyl groups is 1. The van der Waals surface area contributed by atoms with Gasteiger partial charge in [0.15, 0.2) is 5.82 Å². The monoisotopic (exact) mass is 344 g/mol. The van der Waals surface area contributed by atoms with Crippen LogP contribution in [0.3, 0.4) is 0 Å². The molecule has 4 rings (SSSR count). The third-order valence-corrected chi connectivity index (χ3v) is 4.47. The molecule has 5 nitrogen and oxygen atoms in total. The van der Waals surface area contributed by atoms with Gasteiger partial charge in [0.25, 0.3) is 0 Å². The summed E-state index contributed by atoms with van der Waals surface area (Å²) in [7, 11) is 1.87. The summed E-state index contributed by atoms with van der Waals surface area (Å²) in [5, 5.41) is 16.7. The lowest BCUT2D eigenvalue weighted by molar-refractivity contribution is 0.282. The third kappa shape index (κ3) is 3.05. The van der Waals surface area contributed by atoms with Crippen LogP contribution < -0.4 is 10.6 Å². The summed E-state index contributed by atoms with van der Waals surface area (Å²) < 4.78 is 0. The lowest BCUT2D eigenvalue weighted by Gasteiger charge is -2.13. The highest BCUT2D eigenvalue weighted by molar-refractivity contribution is 5.93. The number of fused-ring (bicyclic) bond motifs is 1. The van der Waals surface area contributed by atoms with Gasteiger partial charge in [-0.2, -0.15) is 0 Å². The van der Waals surface area contributed by atoms with Crippen molar-refractivity contribution in [1.29, 1.82) is 0 Å². The molecule has 0 bridgehead atoms. The molecule has 5 heteroatoms. The molecule has 0 radical (unpaired) electrons. The van der Waals surface area contributed by atoms with Crippen LogP contribution in [0.15, 0.2) is 60.8 Å². The van der Waals surface area contributed by atoms with Crippen molar-refractivity contribution in [3.63, 3.8) is 0 Å². The van der Waals surface area contributed by atoms with Crippen LogP contribution in [0.2, 0.25) is 0 Å². The van der Waals surface area contributed by atoms with Crippen LogP contribution in [-0.4, -0.2) is 28.7 Å². The number of rotatable bonds is 4. The van der Waals surface area contributed by atoms with Gasteiger partial charge in [-0.3, -0.25) is 0 Å². The number of anilines is 1. The molecule has 2 aromatic carbocycles. The van der Waals surface area contributed by atoms with Gasteiger partial charge in [0.2, 0.25) is 0 Å². The van der Waals surface area contributed by atoms with Crippen molar-refractivity contribution in [2.24, 2.45) is 0 Å². The van der Waals surface area contributed by atoms with Crippen molar-refractivity contribution >= 4 is 22.3 Å². The Morgan fingerprint density at radius 3 is 2.77 bits per heavy atom. The number of nitrogens with zero attached hydrogens (tertiary/aromatic N) is 2. The van der Waals surface area contributed by atoms with E-state index >= 15 is 0 Å². The van der Waals surface area contributed by atoms with E-state index in [1.54, 1.807) is 0 Å². The Morgan fingerprint density at radius 2 is 2.00 bits per heavy atom. The van der Waals surface area contributed by atoms with E-state index in [1.165, 1.54) is 0 Å². The van der Waals surface area contributed by atoms with Gasteiger partial charge in [0, 0.05) is 24.6 Å². The van der Waals surface area contributed by atoms with Crippen molar-refractivity contribution in [2.45, 2.75) is 6.61 Å². The highest BCUT2D eigenvalue weighted by Crippen LogP contribution is 2.29. The number of nitrogens with one attached hydrogen (secondary N) is 2. The van der Waals surface area contributed by atoms with E-state index in [0.29, 0.717) is 0 Å². The lowest BCUT2D eigenvalue weighted by atomic mass is 10.0.